The van der Waals surface area contributed by atoms with E-state index in [-0.39, 0.29) is 5.69 Å². The molecule has 1 heterocycles. The lowest BCUT2D eigenvalue weighted by molar-refractivity contribution is -0.384. The van der Waals surface area contributed by atoms with Gasteiger partial charge < -0.3 is 4.42 Å². The Morgan fingerprint density at radius 2 is 2.31 bits per heavy atom. The third-order valence-electron chi connectivity index (χ3n) is 2.37. The highest BCUT2D eigenvalue weighted by Crippen LogP contribution is 2.21. The van der Waals surface area contributed by atoms with Gasteiger partial charge in [-0.3, -0.25) is 10.1 Å². The number of nitrogens with zero attached hydrogens (tertiary/aromatic N) is 2. The van der Waals surface area contributed by atoms with Crippen LogP contribution >= 0.6 is 0 Å². The lowest BCUT2D eigenvalue weighted by Crippen LogP contribution is -1.86. The second-order valence-electron chi connectivity index (χ2n) is 3.62. The average molecular weight is 220 g/mol. The van der Waals surface area contributed by atoms with Crippen molar-refractivity contribution in [3.63, 3.8) is 0 Å². The molecule has 0 unspecified atom stereocenters. The second-order valence-corrected chi connectivity index (χ2v) is 3.62. The van der Waals surface area contributed by atoms with Crippen LogP contribution < -0.4 is 0 Å². The Morgan fingerprint density at radius 3 is 3.00 bits per heavy atom. The lowest BCUT2D eigenvalue weighted by atomic mass is 10.2. The number of hydrogen-bond donors (Lipinski definition) is 0. The number of nitro benzene ring substituents is 1. The molecule has 0 aliphatic carbocycles. The fourth-order valence-electron chi connectivity index (χ4n) is 1.51. The van der Waals surface area contributed by atoms with Crippen LogP contribution in [0.15, 0.2) is 22.6 Å². The molecule has 84 valence electrons. The van der Waals surface area contributed by atoms with Crippen LogP contribution in [0.5, 0.6) is 0 Å². The Balaban J connectivity index is 2.34. The quantitative estimate of drug-likeness (QED) is 0.586. The monoisotopic (exact) mass is 220 g/mol. The number of oxazole rings is 1. The summed E-state index contributed by atoms with van der Waals surface area (Å²) in [6.07, 6.45) is 2.85. The van der Waals surface area contributed by atoms with E-state index in [0.717, 1.165) is 19.3 Å². The van der Waals surface area contributed by atoms with E-state index in [4.69, 9.17) is 4.42 Å². The van der Waals surface area contributed by atoms with Crippen LogP contribution in [0, 0.1) is 10.1 Å². The summed E-state index contributed by atoms with van der Waals surface area (Å²) in [7, 11) is 0. The first-order chi connectivity index (χ1) is 7.70. The summed E-state index contributed by atoms with van der Waals surface area (Å²) in [5.74, 6) is 0.650. The number of aromatic nitrogens is 1. The normalized spacial score (nSPS) is 10.8. The SMILES string of the molecule is CCCCc1nc2cc([N+](=O)[O-])ccc2o1. The second kappa shape index (κ2) is 4.30. The Bertz CT molecular complexity index is 519. The van der Waals surface area contributed by atoms with Crippen LogP contribution in [0.1, 0.15) is 25.7 Å². The third-order valence-corrected chi connectivity index (χ3v) is 2.37. The molecule has 0 bridgehead atoms. The molecule has 0 aliphatic rings. The summed E-state index contributed by atoms with van der Waals surface area (Å²) >= 11 is 0. The zero-order chi connectivity index (χ0) is 11.5. The van der Waals surface area contributed by atoms with Crippen molar-refractivity contribution < 1.29 is 9.34 Å². The van der Waals surface area contributed by atoms with Crippen molar-refractivity contribution in [1.29, 1.82) is 0 Å². The number of rotatable bonds is 4. The van der Waals surface area contributed by atoms with Gasteiger partial charge in [0.15, 0.2) is 11.5 Å². The minimum atomic E-state index is -0.431. The summed E-state index contributed by atoms with van der Waals surface area (Å²) in [4.78, 5) is 14.4. The molecule has 2 rings (SSSR count). The first-order valence-electron chi connectivity index (χ1n) is 5.24. The van der Waals surface area contributed by atoms with Crippen molar-refractivity contribution in [2.24, 2.45) is 0 Å². The van der Waals surface area contributed by atoms with E-state index in [1.807, 2.05) is 0 Å². The number of fused-ring (bicyclic) bond motifs is 1. The molecule has 5 heteroatoms. The molecule has 0 saturated carbocycles. The van der Waals surface area contributed by atoms with Gasteiger partial charge in [0, 0.05) is 18.6 Å². The van der Waals surface area contributed by atoms with Crippen LogP contribution in [-0.4, -0.2) is 9.91 Å². The van der Waals surface area contributed by atoms with Gasteiger partial charge in [-0.15, -0.1) is 0 Å². The maximum absolute atomic E-state index is 10.6. The molecule has 2 aromatic rings. The molecule has 0 spiro atoms. The highest BCUT2D eigenvalue weighted by Gasteiger charge is 2.10. The van der Waals surface area contributed by atoms with Gasteiger partial charge in [-0.2, -0.15) is 0 Å². The molecule has 0 aliphatic heterocycles. The topological polar surface area (TPSA) is 69.2 Å². The van der Waals surface area contributed by atoms with Crippen LogP contribution in [0.2, 0.25) is 0 Å². The maximum atomic E-state index is 10.6. The molecular weight excluding hydrogens is 208 g/mol. The Kier molecular flexibility index (Phi) is 2.85. The van der Waals surface area contributed by atoms with E-state index >= 15 is 0 Å². The molecule has 5 nitrogen and oxygen atoms in total. The lowest BCUT2D eigenvalue weighted by Gasteiger charge is -1.89. The van der Waals surface area contributed by atoms with Crippen molar-refractivity contribution in [2.45, 2.75) is 26.2 Å². The Labute approximate surface area is 92.2 Å². The predicted octanol–water partition coefficient (Wildman–Crippen LogP) is 3.08. The van der Waals surface area contributed by atoms with Crippen LogP contribution in [0.4, 0.5) is 5.69 Å². The van der Waals surface area contributed by atoms with Crippen LogP contribution in [0.3, 0.4) is 0 Å². The average Bonchev–Trinajstić information content (AvgIpc) is 2.67. The molecule has 0 fully saturated rings. The molecule has 1 aromatic heterocycles. The van der Waals surface area contributed by atoms with E-state index < -0.39 is 4.92 Å². The number of hydrogen-bond acceptors (Lipinski definition) is 4. The first-order valence-corrected chi connectivity index (χ1v) is 5.24. The van der Waals surface area contributed by atoms with Gasteiger partial charge in [-0.25, -0.2) is 4.98 Å². The van der Waals surface area contributed by atoms with Crippen molar-refractivity contribution >= 4 is 16.8 Å². The zero-order valence-corrected chi connectivity index (χ0v) is 8.97. The van der Waals surface area contributed by atoms with Gasteiger partial charge in [0.2, 0.25) is 0 Å². The number of benzene rings is 1. The molecule has 0 N–H and O–H groups in total. The molecule has 0 atom stereocenters. The minimum Gasteiger partial charge on any atom is -0.441 e. The molecule has 0 amide bonds. The molecule has 0 saturated heterocycles. The number of aryl methyl sites for hydroxylation is 1. The van der Waals surface area contributed by atoms with Crippen molar-refractivity contribution in [2.75, 3.05) is 0 Å². The summed E-state index contributed by atoms with van der Waals surface area (Å²) < 4.78 is 5.47. The first kappa shape index (κ1) is 10.6. The minimum absolute atomic E-state index is 0.0443. The van der Waals surface area contributed by atoms with Gasteiger partial charge in [0.25, 0.3) is 5.69 Å². The fourth-order valence-corrected chi connectivity index (χ4v) is 1.51. The van der Waals surface area contributed by atoms with Gasteiger partial charge in [-0.1, -0.05) is 13.3 Å². The maximum Gasteiger partial charge on any atom is 0.271 e. The van der Waals surface area contributed by atoms with Crippen molar-refractivity contribution in [3.05, 3.63) is 34.2 Å². The summed E-state index contributed by atoms with van der Waals surface area (Å²) in [6, 6.07) is 4.46. The van der Waals surface area contributed by atoms with Gasteiger partial charge in [-0.05, 0) is 12.5 Å². The van der Waals surface area contributed by atoms with E-state index in [9.17, 15) is 10.1 Å². The van der Waals surface area contributed by atoms with E-state index in [1.165, 1.54) is 12.1 Å². The summed E-state index contributed by atoms with van der Waals surface area (Å²) in [5.41, 5.74) is 1.21. The summed E-state index contributed by atoms with van der Waals surface area (Å²) in [5, 5.41) is 10.6. The van der Waals surface area contributed by atoms with E-state index in [0.29, 0.717) is 17.0 Å². The van der Waals surface area contributed by atoms with Crippen molar-refractivity contribution in [3.8, 4) is 0 Å². The largest absolute Gasteiger partial charge is 0.441 e. The Hall–Kier alpha value is -1.91. The zero-order valence-electron chi connectivity index (χ0n) is 8.97. The standard InChI is InChI=1S/C11H12N2O3/c1-2-3-4-11-12-9-7-8(13(14)15)5-6-10(9)16-11/h5-7H,2-4H2,1H3. The van der Waals surface area contributed by atoms with Gasteiger partial charge in [0.1, 0.15) is 5.52 Å². The van der Waals surface area contributed by atoms with E-state index in [2.05, 4.69) is 11.9 Å². The Morgan fingerprint density at radius 1 is 1.50 bits per heavy atom. The number of non-ortho nitro benzene ring substituents is 1. The highest BCUT2D eigenvalue weighted by atomic mass is 16.6. The van der Waals surface area contributed by atoms with Gasteiger partial charge in [0.05, 0.1) is 4.92 Å². The van der Waals surface area contributed by atoms with Gasteiger partial charge >= 0.3 is 0 Å². The fraction of sp³-hybridized carbons (Fsp3) is 0.364. The van der Waals surface area contributed by atoms with Crippen LogP contribution in [0.25, 0.3) is 11.1 Å². The number of unbranched alkanes of at least 4 members (excludes halogenated alkanes) is 1. The van der Waals surface area contributed by atoms with Crippen molar-refractivity contribution in [1.82, 2.24) is 4.98 Å². The highest BCUT2D eigenvalue weighted by molar-refractivity contribution is 5.75. The number of nitro groups is 1. The molecule has 16 heavy (non-hydrogen) atoms. The molecular formula is C11H12N2O3. The summed E-state index contributed by atoms with van der Waals surface area (Å²) in [6.45, 7) is 2.09. The molecule has 1 aromatic carbocycles. The smallest absolute Gasteiger partial charge is 0.271 e. The molecule has 0 radical (unpaired) electrons. The third kappa shape index (κ3) is 2.03. The van der Waals surface area contributed by atoms with E-state index in [1.54, 1.807) is 6.07 Å². The van der Waals surface area contributed by atoms with Crippen LogP contribution in [-0.2, 0) is 6.42 Å². The predicted molar refractivity (Wildman–Crippen MR) is 59.3 cm³/mol.